The quantitative estimate of drug-likeness (QED) is 0.927. The summed E-state index contributed by atoms with van der Waals surface area (Å²) in [5.41, 5.74) is 2.43. The Balaban J connectivity index is 2.16. The second-order valence-electron chi connectivity index (χ2n) is 5.14. The summed E-state index contributed by atoms with van der Waals surface area (Å²) in [5, 5.41) is 4.20. The molecule has 1 aromatic carbocycles. The van der Waals surface area contributed by atoms with Gasteiger partial charge in [0.15, 0.2) is 0 Å². The number of nitrogens with zero attached hydrogens (tertiary/aromatic N) is 1. The van der Waals surface area contributed by atoms with E-state index in [9.17, 15) is 4.21 Å². The first-order valence-corrected chi connectivity index (χ1v) is 8.54. The summed E-state index contributed by atoms with van der Waals surface area (Å²) in [5.74, 6) is 1.53. The molecule has 0 bridgehead atoms. The van der Waals surface area contributed by atoms with Crippen molar-refractivity contribution in [2.24, 2.45) is 0 Å². The smallest absolute Gasteiger partial charge is 0.0413 e. The van der Waals surface area contributed by atoms with Crippen LogP contribution in [0.5, 0.6) is 0 Å². The Morgan fingerprint density at radius 2 is 2.05 bits per heavy atom. The molecule has 0 spiro atoms. The van der Waals surface area contributed by atoms with Crippen molar-refractivity contribution in [2.45, 2.75) is 26.4 Å². The molecule has 19 heavy (non-hydrogen) atoms. The SMILES string of the molecule is CC(C)NCc1cc(Cl)ccc1N1CCS(=O)CC1. The van der Waals surface area contributed by atoms with Crippen molar-refractivity contribution in [2.75, 3.05) is 29.5 Å². The van der Waals surface area contributed by atoms with Crippen LogP contribution in [0.1, 0.15) is 19.4 Å². The van der Waals surface area contributed by atoms with Gasteiger partial charge in [-0.15, -0.1) is 0 Å². The lowest BCUT2D eigenvalue weighted by Crippen LogP contribution is -2.38. The van der Waals surface area contributed by atoms with Crippen LogP contribution < -0.4 is 10.2 Å². The molecule has 1 aliphatic rings. The molecule has 0 atom stereocenters. The highest BCUT2D eigenvalue weighted by Gasteiger charge is 2.18. The number of hydrogen-bond acceptors (Lipinski definition) is 3. The highest BCUT2D eigenvalue weighted by Crippen LogP contribution is 2.25. The van der Waals surface area contributed by atoms with Crippen LogP contribution in [0.25, 0.3) is 0 Å². The molecule has 0 unspecified atom stereocenters. The summed E-state index contributed by atoms with van der Waals surface area (Å²) in [4.78, 5) is 2.31. The molecule has 3 nitrogen and oxygen atoms in total. The summed E-state index contributed by atoms with van der Waals surface area (Å²) in [7, 11) is -0.640. The predicted molar refractivity (Wildman–Crippen MR) is 83.5 cm³/mol. The lowest BCUT2D eigenvalue weighted by Gasteiger charge is -2.30. The zero-order valence-electron chi connectivity index (χ0n) is 11.5. The average Bonchev–Trinajstić information content (AvgIpc) is 2.38. The number of rotatable bonds is 4. The average molecular weight is 301 g/mol. The summed E-state index contributed by atoms with van der Waals surface area (Å²) < 4.78 is 11.4. The van der Waals surface area contributed by atoms with E-state index < -0.39 is 10.8 Å². The second kappa shape index (κ2) is 6.73. The molecular formula is C14H21ClN2OS. The second-order valence-corrected chi connectivity index (χ2v) is 7.28. The fourth-order valence-corrected chi connectivity index (χ4v) is 3.44. The van der Waals surface area contributed by atoms with Crippen LogP contribution in [-0.2, 0) is 17.3 Å². The lowest BCUT2D eigenvalue weighted by molar-refractivity contribution is 0.588. The topological polar surface area (TPSA) is 32.3 Å². The van der Waals surface area contributed by atoms with Crippen molar-refractivity contribution in [3.05, 3.63) is 28.8 Å². The Bertz CT molecular complexity index is 455. The molecule has 1 saturated heterocycles. The maximum absolute atomic E-state index is 11.4. The van der Waals surface area contributed by atoms with Gasteiger partial charge in [0.25, 0.3) is 0 Å². The van der Waals surface area contributed by atoms with Crippen molar-refractivity contribution in [1.29, 1.82) is 0 Å². The minimum absolute atomic E-state index is 0.445. The molecule has 1 aromatic rings. The van der Waals surface area contributed by atoms with E-state index in [1.807, 2.05) is 12.1 Å². The Morgan fingerprint density at radius 3 is 2.68 bits per heavy atom. The third-order valence-electron chi connectivity index (χ3n) is 3.26. The minimum atomic E-state index is -0.640. The van der Waals surface area contributed by atoms with Gasteiger partial charge in [0.05, 0.1) is 0 Å². The largest absolute Gasteiger partial charge is 0.369 e. The number of hydrogen-bond donors (Lipinski definition) is 1. The molecule has 0 amide bonds. The van der Waals surface area contributed by atoms with Crippen molar-refractivity contribution in [1.82, 2.24) is 5.32 Å². The third kappa shape index (κ3) is 4.20. The van der Waals surface area contributed by atoms with Crippen LogP contribution in [0.15, 0.2) is 18.2 Å². The van der Waals surface area contributed by atoms with Crippen LogP contribution in [0.4, 0.5) is 5.69 Å². The van der Waals surface area contributed by atoms with Gasteiger partial charge < -0.3 is 10.2 Å². The third-order valence-corrected chi connectivity index (χ3v) is 4.77. The zero-order valence-corrected chi connectivity index (χ0v) is 13.1. The Kier molecular flexibility index (Phi) is 5.25. The summed E-state index contributed by atoms with van der Waals surface area (Å²) in [6.07, 6.45) is 0. The van der Waals surface area contributed by atoms with Crippen LogP contribution in [0.3, 0.4) is 0 Å². The first kappa shape index (κ1) is 14.8. The number of halogens is 1. The van der Waals surface area contributed by atoms with Gasteiger partial charge >= 0.3 is 0 Å². The standard InChI is InChI=1S/C14H21ClN2OS/c1-11(2)16-10-12-9-13(15)3-4-14(12)17-5-7-19(18)8-6-17/h3-4,9,11,16H,5-8,10H2,1-2H3. The predicted octanol–water partition coefficient (Wildman–Crippen LogP) is 2.41. The van der Waals surface area contributed by atoms with E-state index in [2.05, 4.69) is 30.1 Å². The molecule has 2 rings (SSSR count). The van der Waals surface area contributed by atoms with Gasteiger partial charge in [-0.05, 0) is 23.8 Å². The fourth-order valence-electron chi connectivity index (χ4n) is 2.20. The molecule has 1 heterocycles. The van der Waals surface area contributed by atoms with E-state index in [0.29, 0.717) is 6.04 Å². The molecule has 1 aliphatic heterocycles. The number of benzene rings is 1. The van der Waals surface area contributed by atoms with Crippen molar-refractivity contribution in [3.8, 4) is 0 Å². The maximum atomic E-state index is 11.4. The van der Waals surface area contributed by atoms with Crippen LogP contribution in [-0.4, -0.2) is 34.8 Å². The highest BCUT2D eigenvalue weighted by molar-refractivity contribution is 7.85. The lowest BCUT2D eigenvalue weighted by atomic mass is 10.1. The molecule has 106 valence electrons. The molecule has 0 saturated carbocycles. The maximum Gasteiger partial charge on any atom is 0.0413 e. The number of anilines is 1. The zero-order chi connectivity index (χ0) is 13.8. The van der Waals surface area contributed by atoms with Crippen molar-refractivity contribution < 1.29 is 4.21 Å². The van der Waals surface area contributed by atoms with E-state index in [-0.39, 0.29) is 0 Å². The van der Waals surface area contributed by atoms with Crippen LogP contribution in [0, 0.1) is 0 Å². The molecule has 1 fully saturated rings. The highest BCUT2D eigenvalue weighted by atomic mass is 35.5. The molecule has 0 aromatic heterocycles. The van der Waals surface area contributed by atoms with Gasteiger partial charge in [-0.25, -0.2) is 0 Å². The summed E-state index contributed by atoms with van der Waals surface area (Å²) in [6.45, 7) is 6.81. The Hall–Kier alpha value is -0.580. The summed E-state index contributed by atoms with van der Waals surface area (Å²) >= 11 is 6.10. The van der Waals surface area contributed by atoms with Crippen LogP contribution in [0.2, 0.25) is 5.02 Å². The first-order valence-electron chi connectivity index (χ1n) is 6.68. The van der Waals surface area contributed by atoms with E-state index in [1.165, 1.54) is 11.3 Å². The van der Waals surface area contributed by atoms with Crippen molar-refractivity contribution >= 4 is 28.1 Å². The van der Waals surface area contributed by atoms with E-state index >= 15 is 0 Å². The van der Waals surface area contributed by atoms with Crippen molar-refractivity contribution in [3.63, 3.8) is 0 Å². The molecule has 0 radical (unpaired) electrons. The Morgan fingerprint density at radius 1 is 1.37 bits per heavy atom. The van der Waals surface area contributed by atoms with Gasteiger partial charge in [0, 0.05) is 58.7 Å². The first-order chi connectivity index (χ1) is 9.06. The van der Waals surface area contributed by atoms with E-state index in [0.717, 1.165) is 36.2 Å². The van der Waals surface area contributed by atoms with E-state index in [1.54, 1.807) is 0 Å². The molecule has 0 aliphatic carbocycles. The Labute approximate surface area is 122 Å². The molecule has 5 heteroatoms. The van der Waals surface area contributed by atoms with Gasteiger partial charge in [0.2, 0.25) is 0 Å². The molecular weight excluding hydrogens is 280 g/mol. The van der Waals surface area contributed by atoms with Gasteiger partial charge in [-0.1, -0.05) is 25.4 Å². The normalized spacial score (nSPS) is 17.2. The fraction of sp³-hybridized carbons (Fsp3) is 0.571. The minimum Gasteiger partial charge on any atom is -0.369 e. The molecule has 1 N–H and O–H groups in total. The van der Waals surface area contributed by atoms with Gasteiger partial charge in [0.1, 0.15) is 0 Å². The van der Waals surface area contributed by atoms with Gasteiger partial charge in [-0.2, -0.15) is 0 Å². The van der Waals surface area contributed by atoms with Gasteiger partial charge in [-0.3, -0.25) is 4.21 Å². The monoisotopic (exact) mass is 300 g/mol. The summed E-state index contributed by atoms with van der Waals surface area (Å²) in [6, 6.07) is 6.48. The van der Waals surface area contributed by atoms with Crippen LogP contribution >= 0.6 is 11.6 Å². The number of nitrogens with one attached hydrogen (secondary N) is 1. The van der Waals surface area contributed by atoms with E-state index in [4.69, 9.17) is 11.6 Å².